The smallest absolute Gasteiger partial charge is 0.335 e. The summed E-state index contributed by atoms with van der Waals surface area (Å²) < 4.78 is 15.8. The van der Waals surface area contributed by atoms with Gasteiger partial charge in [0.25, 0.3) is 5.91 Å². The number of carbonyl (C=O) groups excluding carboxylic acids is 2. The van der Waals surface area contributed by atoms with Crippen LogP contribution in [0.3, 0.4) is 0 Å². The summed E-state index contributed by atoms with van der Waals surface area (Å²) in [4.78, 5) is 23.3. The topological polar surface area (TPSA) is 73.9 Å². The van der Waals surface area contributed by atoms with E-state index >= 15 is 0 Å². The van der Waals surface area contributed by atoms with Crippen molar-refractivity contribution >= 4 is 11.9 Å². The minimum Gasteiger partial charge on any atom is -0.454 e. The van der Waals surface area contributed by atoms with Crippen LogP contribution in [0, 0.1) is 0 Å². The second kappa shape index (κ2) is 9.73. The molecule has 1 saturated heterocycles. The second-order valence-corrected chi connectivity index (χ2v) is 5.48. The van der Waals surface area contributed by atoms with Crippen LogP contribution in [-0.2, 0) is 23.8 Å². The lowest BCUT2D eigenvalue weighted by Crippen LogP contribution is -2.37. The Bertz CT molecular complexity index is 328. The molecule has 1 rings (SSSR count). The van der Waals surface area contributed by atoms with Gasteiger partial charge in [-0.2, -0.15) is 0 Å². The van der Waals surface area contributed by atoms with E-state index in [1.165, 1.54) is 0 Å². The van der Waals surface area contributed by atoms with Gasteiger partial charge in [-0.3, -0.25) is 4.79 Å². The van der Waals surface area contributed by atoms with E-state index in [1.807, 2.05) is 6.92 Å². The lowest BCUT2D eigenvalue weighted by molar-refractivity contribution is -0.160. The van der Waals surface area contributed by atoms with Crippen molar-refractivity contribution in [2.24, 2.45) is 0 Å². The summed E-state index contributed by atoms with van der Waals surface area (Å²) in [7, 11) is 0. The van der Waals surface area contributed by atoms with Crippen LogP contribution >= 0.6 is 0 Å². The van der Waals surface area contributed by atoms with Crippen molar-refractivity contribution < 1.29 is 23.8 Å². The van der Waals surface area contributed by atoms with Gasteiger partial charge in [0.2, 0.25) is 0 Å². The molecule has 1 aliphatic rings. The van der Waals surface area contributed by atoms with Crippen LogP contribution in [0.15, 0.2) is 0 Å². The molecule has 0 bridgehead atoms. The van der Waals surface area contributed by atoms with Gasteiger partial charge in [0.15, 0.2) is 12.7 Å². The number of ether oxygens (including phenoxy) is 3. The highest BCUT2D eigenvalue weighted by molar-refractivity contribution is 5.81. The molecule has 1 N–H and O–H groups in total. The van der Waals surface area contributed by atoms with Crippen LogP contribution in [0.2, 0.25) is 0 Å². The van der Waals surface area contributed by atoms with E-state index in [0.29, 0.717) is 6.61 Å². The summed E-state index contributed by atoms with van der Waals surface area (Å²) in [5, 5.41) is 2.77. The normalized spacial score (nSPS) is 20.8. The lowest BCUT2D eigenvalue weighted by Gasteiger charge is -2.16. The number of amides is 1. The maximum absolute atomic E-state index is 11.7. The molecule has 122 valence electrons. The first kappa shape index (κ1) is 17.9. The van der Waals surface area contributed by atoms with Crippen LogP contribution in [0.1, 0.15) is 46.5 Å². The fourth-order valence-corrected chi connectivity index (χ4v) is 2.17. The number of hydrogen-bond acceptors (Lipinski definition) is 5. The zero-order valence-electron chi connectivity index (χ0n) is 13.2. The zero-order chi connectivity index (χ0) is 15.7. The van der Waals surface area contributed by atoms with Crippen LogP contribution in [-0.4, -0.2) is 49.9 Å². The van der Waals surface area contributed by atoms with Gasteiger partial charge in [0, 0.05) is 12.6 Å². The summed E-state index contributed by atoms with van der Waals surface area (Å²) in [5.41, 5.74) is 0. The van der Waals surface area contributed by atoms with Crippen molar-refractivity contribution in [1.29, 1.82) is 0 Å². The van der Waals surface area contributed by atoms with Crippen molar-refractivity contribution in [3.8, 4) is 0 Å². The molecule has 3 atom stereocenters. The Morgan fingerprint density at radius 1 is 1.38 bits per heavy atom. The van der Waals surface area contributed by atoms with E-state index in [9.17, 15) is 9.59 Å². The number of esters is 1. The van der Waals surface area contributed by atoms with Gasteiger partial charge < -0.3 is 19.5 Å². The maximum atomic E-state index is 11.7. The molecule has 0 radical (unpaired) electrons. The fourth-order valence-electron chi connectivity index (χ4n) is 2.17. The third-order valence-electron chi connectivity index (χ3n) is 3.36. The fraction of sp³-hybridized carbons (Fsp3) is 0.867. The molecule has 3 unspecified atom stereocenters. The first-order chi connectivity index (χ1) is 10.0. The maximum Gasteiger partial charge on any atom is 0.335 e. The number of rotatable bonds is 9. The molecule has 6 heteroatoms. The lowest BCUT2D eigenvalue weighted by atomic mass is 10.2. The Balaban J connectivity index is 2.14. The Morgan fingerprint density at radius 3 is 2.76 bits per heavy atom. The summed E-state index contributed by atoms with van der Waals surface area (Å²) >= 11 is 0. The van der Waals surface area contributed by atoms with E-state index in [4.69, 9.17) is 14.2 Å². The third kappa shape index (κ3) is 7.43. The molecular formula is C15H27NO5. The predicted octanol–water partition coefficient (Wildman–Crippen LogP) is 1.42. The molecular weight excluding hydrogens is 274 g/mol. The van der Waals surface area contributed by atoms with Gasteiger partial charge in [-0.05, 0) is 33.1 Å². The molecule has 21 heavy (non-hydrogen) atoms. The minimum absolute atomic E-state index is 0.0680. The van der Waals surface area contributed by atoms with E-state index in [2.05, 4.69) is 12.2 Å². The largest absolute Gasteiger partial charge is 0.454 e. The Morgan fingerprint density at radius 2 is 2.14 bits per heavy atom. The van der Waals surface area contributed by atoms with Crippen molar-refractivity contribution in [1.82, 2.24) is 5.32 Å². The quantitative estimate of drug-likeness (QED) is 0.652. The molecule has 1 fully saturated rings. The van der Waals surface area contributed by atoms with E-state index in [1.54, 1.807) is 6.92 Å². The van der Waals surface area contributed by atoms with Gasteiger partial charge in [-0.1, -0.05) is 13.3 Å². The Hall–Kier alpha value is -1.14. The summed E-state index contributed by atoms with van der Waals surface area (Å²) in [6, 6.07) is 0.0920. The second-order valence-electron chi connectivity index (χ2n) is 5.48. The monoisotopic (exact) mass is 301 g/mol. The SMILES string of the molecule is CCCC(C)NC(=O)COC(=O)C(C)OCC1CCCO1. The molecule has 1 aliphatic heterocycles. The van der Waals surface area contributed by atoms with E-state index in [-0.39, 0.29) is 24.7 Å². The zero-order valence-corrected chi connectivity index (χ0v) is 13.2. The van der Waals surface area contributed by atoms with Gasteiger partial charge in [-0.25, -0.2) is 4.79 Å². The molecule has 1 heterocycles. The van der Waals surface area contributed by atoms with Gasteiger partial charge in [0.1, 0.15) is 0 Å². The molecule has 0 aromatic rings. The summed E-state index contributed by atoms with van der Waals surface area (Å²) in [6.45, 7) is 6.47. The van der Waals surface area contributed by atoms with Crippen LogP contribution in [0.25, 0.3) is 0 Å². The molecule has 1 amide bonds. The van der Waals surface area contributed by atoms with Crippen LogP contribution in [0.4, 0.5) is 0 Å². The first-order valence-electron chi connectivity index (χ1n) is 7.72. The highest BCUT2D eigenvalue weighted by Gasteiger charge is 2.21. The first-order valence-corrected chi connectivity index (χ1v) is 7.72. The molecule has 0 aromatic carbocycles. The Kier molecular flexibility index (Phi) is 8.30. The number of carbonyl (C=O) groups is 2. The highest BCUT2D eigenvalue weighted by atomic mass is 16.6. The molecule has 6 nitrogen and oxygen atoms in total. The van der Waals surface area contributed by atoms with E-state index < -0.39 is 12.1 Å². The Labute approximate surface area is 126 Å². The van der Waals surface area contributed by atoms with E-state index in [0.717, 1.165) is 32.3 Å². The number of hydrogen-bond donors (Lipinski definition) is 1. The molecule has 0 aromatic heterocycles. The standard InChI is InChI=1S/C15H27NO5/c1-4-6-11(2)16-14(17)10-21-15(18)12(3)20-9-13-7-5-8-19-13/h11-13H,4-10H2,1-3H3,(H,16,17). The number of nitrogens with one attached hydrogen (secondary N) is 1. The summed E-state index contributed by atoms with van der Waals surface area (Å²) in [6.07, 6.45) is 3.27. The molecule has 0 spiro atoms. The van der Waals surface area contributed by atoms with Gasteiger partial charge >= 0.3 is 5.97 Å². The average molecular weight is 301 g/mol. The van der Waals surface area contributed by atoms with Crippen LogP contribution in [0.5, 0.6) is 0 Å². The van der Waals surface area contributed by atoms with Crippen molar-refractivity contribution in [2.75, 3.05) is 19.8 Å². The predicted molar refractivity (Wildman–Crippen MR) is 77.9 cm³/mol. The highest BCUT2D eigenvalue weighted by Crippen LogP contribution is 2.12. The van der Waals surface area contributed by atoms with Crippen LogP contribution < -0.4 is 5.32 Å². The van der Waals surface area contributed by atoms with Crippen molar-refractivity contribution in [3.05, 3.63) is 0 Å². The van der Waals surface area contributed by atoms with Crippen molar-refractivity contribution in [2.45, 2.75) is 64.7 Å². The summed E-state index contributed by atoms with van der Waals surface area (Å²) in [5.74, 6) is -0.804. The minimum atomic E-state index is -0.685. The van der Waals surface area contributed by atoms with Gasteiger partial charge in [0.05, 0.1) is 12.7 Å². The van der Waals surface area contributed by atoms with Crippen molar-refractivity contribution in [3.63, 3.8) is 0 Å². The average Bonchev–Trinajstić information content (AvgIpc) is 2.95. The third-order valence-corrected chi connectivity index (χ3v) is 3.36. The molecule has 0 saturated carbocycles. The van der Waals surface area contributed by atoms with Gasteiger partial charge in [-0.15, -0.1) is 0 Å². The molecule has 0 aliphatic carbocycles.